The number of benzene rings is 1. The van der Waals surface area contributed by atoms with E-state index in [1.165, 1.54) is 0 Å². The van der Waals surface area contributed by atoms with Crippen LogP contribution in [0, 0.1) is 0 Å². The molecule has 0 radical (unpaired) electrons. The van der Waals surface area contributed by atoms with Gasteiger partial charge in [0.25, 0.3) is 0 Å². The Hall–Kier alpha value is -1.27. The monoisotopic (exact) mass is 301 g/mol. The number of hydrogen-bond donors (Lipinski definition) is 1. The number of ether oxygens (including phenoxy) is 1. The molecule has 2 unspecified atom stereocenters. The van der Waals surface area contributed by atoms with Crippen molar-refractivity contribution in [3.63, 3.8) is 0 Å². The zero-order valence-electron chi connectivity index (χ0n) is 11.6. The van der Waals surface area contributed by atoms with Gasteiger partial charge in [0.15, 0.2) is 0 Å². The molecule has 0 aromatic heterocycles. The molecule has 6 heteroatoms. The summed E-state index contributed by atoms with van der Waals surface area (Å²) in [6.45, 7) is 1.84. The van der Waals surface area contributed by atoms with Gasteiger partial charge in [-0.15, -0.1) is 0 Å². The molecule has 2 atom stereocenters. The molecule has 1 N–H and O–H groups in total. The molecule has 2 aliphatic rings. The fourth-order valence-electron chi connectivity index (χ4n) is 3.35. The summed E-state index contributed by atoms with van der Waals surface area (Å²) in [6.07, 6.45) is -1.13. The zero-order chi connectivity index (χ0) is 15.0. The van der Waals surface area contributed by atoms with Crippen molar-refractivity contribution in [3.8, 4) is 5.75 Å². The van der Waals surface area contributed by atoms with Crippen molar-refractivity contribution < 1.29 is 23.0 Å². The molecule has 1 saturated heterocycles. The third-order valence-corrected chi connectivity index (χ3v) is 4.35. The molecule has 1 aromatic carbocycles. The second-order valence-electron chi connectivity index (χ2n) is 5.73. The molecule has 1 heterocycles. The van der Waals surface area contributed by atoms with Gasteiger partial charge < -0.3 is 9.84 Å². The summed E-state index contributed by atoms with van der Waals surface area (Å²) in [6, 6.07) is 4.05. The lowest BCUT2D eigenvalue weighted by Gasteiger charge is -2.37. The molecule has 0 spiro atoms. The quantitative estimate of drug-likeness (QED) is 0.911. The number of alkyl halides is 3. The average molecular weight is 301 g/mol. The van der Waals surface area contributed by atoms with E-state index in [-0.39, 0.29) is 6.10 Å². The Morgan fingerprint density at radius 2 is 2.10 bits per heavy atom. The standard InChI is InChI=1S/C15H18F3NO2/c16-15(17,18)11-8-10(4-5-13(11)20)9-19-6-7-21-14-3-1-2-12(14)19/h4-5,8,12,14,20H,1-3,6-7,9H2. The first-order valence-corrected chi connectivity index (χ1v) is 7.20. The molecule has 0 amide bonds. The lowest BCUT2D eigenvalue weighted by molar-refractivity contribution is -0.138. The fraction of sp³-hybridized carbons (Fsp3) is 0.600. The molecule has 116 valence electrons. The Labute approximate surface area is 121 Å². The van der Waals surface area contributed by atoms with E-state index in [1.807, 2.05) is 0 Å². The molecule has 3 rings (SSSR count). The topological polar surface area (TPSA) is 32.7 Å². The summed E-state index contributed by atoms with van der Waals surface area (Å²) in [4.78, 5) is 2.20. The van der Waals surface area contributed by atoms with Crippen molar-refractivity contribution in [1.29, 1.82) is 0 Å². The number of phenolic OH excluding ortho intramolecular Hbond substituents is 1. The highest BCUT2D eigenvalue weighted by Crippen LogP contribution is 2.37. The van der Waals surface area contributed by atoms with Crippen LogP contribution in [0.15, 0.2) is 18.2 Å². The molecule has 0 bridgehead atoms. The third kappa shape index (κ3) is 3.01. The number of fused-ring (bicyclic) bond motifs is 1. The van der Waals surface area contributed by atoms with Crippen LogP contribution >= 0.6 is 0 Å². The van der Waals surface area contributed by atoms with Crippen LogP contribution < -0.4 is 0 Å². The van der Waals surface area contributed by atoms with Crippen molar-refractivity contribution in [3.05, 3.63) is 29.3 Å². The smallest absolute Gasteiger partial charge is 0.419 e. The predicted molar refractivity (Wildman–Crippen MR) is 70.9 cm³/mol. The van der Waals surface area contributed by atoms with Crippen LogP contribution in [0.25, 0.3) is 0 Å². The maximum absolute atomic E-state index is 12.8. The van der Waals surface area contributed by atoms with Gasteiger partial charge in [-0.3, -0.25) is 4.90 Å². The Morgan fingerprint density at radius 1 is 1.29 bits per heavy atom. The van der Waals surface area contributed by atoms with Crippen LogP contribution in [0.3, 0.4) is 0 Å². The van der Waals surface area contributed by atoms with Gasteiger partial charge in [-0.1, -0.05) is 6.07 Å². The normalized spacial score (nSPS) is 26.8. The molecule has 3 nitrogen and oxygen atoms in total. The summed E-state index contributed by atoms with van der Waals surface area (Å²) >= 11 is 0. The number of phenols is 1. The Balaban J connectivity index is 1.78. The molecule has 1 aliphatic heterocycles. The molecular formula is C15H18F3NO2. The van der Waals surface area contributed by atoms with Crippen molar-refractivity contribution in [2.75, 3.05) is 13.2 Å². The second kappa shape index (κ2) is 5.50. The number of halogens is 3. The SMILES string of the molecule is Oc1ccc(CN2CCOC3CCCC32)cc1C(F)(F)F. The number of aromatic hydroxyl groups is 1. The van der Waals surface area contributed by atoms with Crippen LogP contribution in [0.1, 0.15) is 30.4 Å². The highest BCUT2D eigenvalue weighted by atomic mass is 19.4. The van der Waals surface area contributed by atoms with E-state index in [2.05, 4.69) is 4.90 Å². The van der Waals surface area contributed by atoms with Crippen LogP contribution in [0.2, 0.25) is 0 Å². The van der Waals surface area contributed by atoms with E-state index in [4.69, 9.17) is 4.74 Å². The number of morpholine rings is 1. The summed E-state index contributed by atoms with van der Waals surface area (Å²) in [7, 11) is 0. The lowest BCUT2D eigenvalue weighted by Crippen LogP contribution is -2.47. The van der Waals surface area contributed by atoms with E-state index >= 15 is 0 Å². The second-order valence-corrected chi connectivity index (χ2v) is 5.73. The highest BCUT2D eigenvalue weighted by Gasteiger charge is 2.37. The van der Waals surface area contributed by atoms with Gasteiger partial charge in [-0.2, -0.15) is 13.2 Å². The Morgan fingerprint density at radius 3 is 2.86 bits per heavy atom. The molecule has 1 saturated carbocycles. The van der Waals surface area contributed by atoms with Crippen LogP contribution in [-0.4, -0.2) is 35.3 Å². The molecule has 21 heavy (non-hydrogen) atoms. The zero-order valence-corrected chi connectivity index (χ0v) is 11.6. The van der Waals surface area contributed by atoms with E-state index < -0.39 is 17.5 Å². The van der Waals surface area contributed by atoms with Gasteiger partial charge in [0, 0.05) is 19.1 Å². The van der Waals surface area contributed by atoms with Crippen LogP contribution in [0.5, 0.6) is 5.75 Å². The van der Waals surface area contributed by atoms with Gasteiger partial charge in [0.05, 0.1) is 18.3 Å². The maximum atomic E-state index is 12.8. The van der Waals surface area contributed by atoms with Gasteiger partial charge in [0.2, 0.25) is 0 Å². The molecule has 1 aliphatic carbocycles. The van der Waals surface area contributed by atoms with Crippen molar-refractivity contribution in [2.45, 2.75) is 44.1 Å². The molecule has 1 aromatic rings. The summed E-state index contributed by atoms with van der Waals surface area (Å²) in [5.41, 5.74) is -0.385. The van der Waals surface area contributed by atoms with Crippen molar-refractivity contribution >= 4 is 0 Å². The highest BCUT2D eigenvalue weighted by molar-refractivity contribution is 5.38. The van der Waals surface area contributed by atoms with E-state index in [0.29, 0.717) is 24.8 Å². The number of rotatable bonds is 2. The average Bonchev–Trinajstić information content (AvgIpc) is 2.89. The van der Waals surface area contributed by atoms with E-state index in [9.17, 15) is 18.3 Å². The summed E-state index contributed by atoms with van der Waals surface area (Å²) < 4.78 is 44.2. The van der Waals surface area contributed by atoms with E-state index in [1.54, 1.807) is 6.07 Å². The minimum absolute atomic E-state index is 0.220. The Kier molecular flexibility index (Phi) is 3.84. The minimum Gasteiger partial charge on any atom is -0.507 e. The first-order valence-electron chi connectivity index (χ1n) is 7.20. The summed E-state index contributed by atoms with van der Waals surface area (Å²) in [5, 5.41) is 9.37. The number of nitrogens with zero attached hydrogens (tertiary/aromatic N) is 1. The fourth-order valence-corrected chi connectivity index (χ4v) is 3.35. The van der Waals surface area contributed by atoms with Gasteiger partial charge in [0.1, 0.15) is 5.75 Å². The maximum Gasteiger partial charge on any atom is 0.419 e. The first-order chi connectivity index (χ1) is 9.95. The predicted octanol–water partition coefficient (Wildman–Crippen LogP) is 3.16. The van der Waals surface area contributed by atoms with Gasteiger partial charge >= 0.3 is 6.18 Å². The summed E-state index contributed by atoms with van der Waals surface area (Å²) in [5.74, 6) is -0.716. The largest absolute Gasteiger partial charge is 0.507 e. The first kappa shape index (κ1) is 14.7. The molecule has 2 fully saturated rings. The lowest BCUT2D eigenvalue weighted by atomic mass is 10.1. The Bertz CT molecular complexity index is 518. The molecular weight excluding hydrogens is 283 g/mol. The van der Waals surface area contributed by atoms with Crippen molar-refractivity contribution in [2.24, 2.45) is 0 Å². The number of hydrogen-bond acceptors (Lipinski definition) is 3. The van der Waals surface area contributed by atoms with Gasteiger partial charge in [-0.05, 0) is 37.0 Å². The van der Waals surface area contributed by atoms with E-state index in [0.717, 1.165) is 37.9 Å². The van der Waals surface area contributed by atoms with Gasteiger partial charge in [-0.25, -0.2) is 0 Å². The van der Waals surface area contributed by atoms with Crippen LogP contribution in [-0.2, 0) is 17.5 Å². The van der Waals surface area contributed by atoms with Crippen molar-refractivity contribution in [1.82, 2.24) is 4.90 Å². The third-order valence-electron chi connectivity index (χ3n) is 4.35. The minimum atomic E-state index is -4.53. The van der Waals surface area contributed by atoms with Crippen LogP contribution in [0.4, 0.5) is 13.2 Å².